The van der Waals surface area contributed by atoms with E-state index in [1.54, 1.807) is 0 Å². The molecule has 0 aliphatic carbocycles. The molecule has 2 heterocycles. The Bertz CT molecular complexity index is 382. The van der Waals surface area contributed by atoms with Crippen LogP contribution in [0.5, 0.6) is 0 Å². The fourth-order valence-corrected chi connectivity index (χ4v) is 3.25. The van der Waals surface area contributed by atoms with Crippen LogP contribution in [0, 0.1) is 0 Å². The quantitative estimate of drug-likeness (QED) is 0.877. The average Bonchev–Trinajstić information content (AvgIpc) is 2.67. The number of aliphatic carboxylic acids is 1. The highest BCUT2D eigenvalue weighted by atomic mass is 32.2. The molecule has 0 aromatic carbocycles. The van der Waals surface area contributed by atoms with E-state index < -0.39 is 5.97 Å². The molecule has 0 radical (unpaired) electrons. The van der Waals surface area contributed by atoms with E-state index in [0.29, 0.717) is 11.7 Å². The third kappa shape index (κ3) is 2.40. The Morgan fingerprint density at radius 1 is 1.62 bits per heavy atom. The minimum atomic E-state index is -0.882. The first-order chi connectivity index (χ1) is 7.60. The van der Waals surface area contributed by atoms with Crippen LogP contribution in [0.15, 0.2) is 10.6 Å². The second-order valence-corrected chi connectivity index (χ2v) is 5.60. The third-order valence-electron chi connectivity index (χ3n) is 2.99. The molecule has 1 aromatic rings. The molecule has 1 saturated heterocycles. The first-order valence-corrected chi connectivity index (χ1v) is 6.50. The highest BCUT2D eigenvalue weighted by Gasteiger charge is 2.33. The number of carbonyl (C=O) groups is 1. The van der Waals surface area contributed by atoms with Gasteiger partial charge in [0.1, 0.15) is 12.2 Å². The van der Waals surface area contributed by atoms with Crippen molar-refractivity contribution in [1.82, 2.24) is 4.98 Å². The van der Waals surface area contributed by atoms with Crippen molar-refractivity contribution in [3.63, 3.8) is 0 Å². The van der Waals surface area contributed by atoms with Gasteiger partial charge >= 0.3 is 5.97 Å². The summed E-state index contributed by atoms with van der Waals surface area (Å²) < 4.78 is 5.54. The predicted molar refractivity (Wildman–Crippen MR) is 61.8 cm³/mol. The number of thioether (sulfide) groups is 1. The van der Waals surface area contributed by atoms with E-state index in [-0.39, 0.29) is 11.8 Å². The number of hydrogen-bond donors (Lipinski definition) is 1. The fraction of sp³-hybridized carbons (Fsp3) is 0.636. The molecule has 88 valence electrons. The molecule has 0 amide bonds. The summed E-state index contributed by atoms with van der Waals surface area (Å²) in [6.07, 6.45) is 3.55. The summed E-state index contributed by atoms with van der Waals surface area (Å²) in [6.45, 7) is 2.14. The van der Waals surface area contributed by atoms with Crippen molar-refractivity contribution >= 4 is 17.7 Å². The van der Waals surface area contributed by atoms with Crippen molar-refractivity contribution in [2.45, 2.75) is 31.6 Å². The SMILES string of the molecule is CC1(c2ncc(CC(=O)O)o2)CCSCC1. The molecule has 1 aromatic heterocycles. The molecule has 4 nitrogen and oxygen atoms in total. The van der Waals surface area contributed by atoms with Gasteiger partial charge in [-0.15, -0.1) is 0 Å². The van der Waals surface area contributed by atoms with E-state index in [9.17, 15) is 4.79 Å². The standard InChI is InChI=1S/C11H15NO3S/c1-11(2-4-16-5-3-11)10-12-7-8(15-10)6-9(13)14/h7H,2-6H2,1H3,(H,13,14). The van der Waals surface area contributed by atoms with Gasteiger partial charge < -0.3 is 9.52 Å². The molecule has 0 spiro atoms. The van der Waals surface area contributed by atoms with Crippen LogP contribution in [-0.2, 0) is 16.6 Å². The lowest BCUT2D eigenvalue weighted by Gasteiger charge is -2.29. The zero-order valence-electron chi connectivity index (χ0n) is 9.23. The molecule has 0 atom stereocenters. The van der Waals surface area contributed by atoms with Gasteiger partial charge in [-0.05, 0) is 24.3 Å². The van der Waals surface area contributed by atoms with Gasteiger partial charge in [0.2, 0.25) is 0 Å². The average molecular weight is 241 g/mol. The number of oxazole rings is 1. The molecule has 16 heavy (non-hydrogen) atoms. The number of carboxylic acids is 1. The Labute approximate surface area is 98.4 Å². The number of hydrogen-bond acceptors (Lipinski definition) is 4. The predicted octanol–water partition coefficient (Wildman–Crippen LogP) is 2.09. The molecule has 2 rings (SSSR count). The van der Waals surface area contributed by atoms with Gasteiger partial charge in [-0.1, -0.05) is 6.92 Å². The molecule has 1 aliphatic rings. The minimum absolute atomic E-state index is 0.0119. The maximum absolute atomic E-state index is 10.5. The van der Waals surface area contributed by atoms with Crippen LogP contribution < -0.4 is 0 Å². The summed E-state index contributed by atoms with van der Waals surface area (Å²) in [5.74, 6) is 2.50. The zero-order valence-corrected chi connectivity index (χ0v) is 10.0. The fourth-order valence-electron chi connectivity index (χ4n) is 1.85. The molecule has 1 fully saturated rings. The van der Waals surface area contributed by atoms with Crippen LogP contribution in [-0.4, -0.2) is 27.6 Å². The van der Waals surface area contributed by atoms with Crippen molar-refractivity contribution < 1.29 is 14.3 Å². The van der Waals surface area contributed by atoms with Crippen LogP contribution in [0.25, 0.3) is 0 Å². The summed E-state index contributed by atoms with van der Waals surface area (Å²) in [5.41, 5.74) is -0.0119. The third-order valence-corrected chi connectivity index (χ3v) is 3.98. The summed E-state index contributed by atoms with van der Waals surface area (Å²) in [5, 5.41) is 8.66. The van der Waals surface area contributed by atoms with E-state index in [0.717, 1.165) is 24.3 Å². The summed E-state index contributed by atoms with van der Waals surface area (Å²) >= 11 is 1.95. The van der Waals surface area contributed by atoms with E-state index >= 15 is 0 Å². The van der Waals surface area contributed by atoms with Crippen molar-refractivity contribution in [3.05, 3.63) is 17.8 Å². The monoisotopic (exact) mass is 241 g/mol. The first kappa shape index (κ1) is 11.5. The van der Waals surface area contributed by atoms with Gasteiger partial charge in [0.15, 0.2) is 5.89 Å². The van der Waals surface area contributed by atoms with Crippen LogP contribution in [0.2, 0.25) is 0 Å². The molecular formula is C11H15NO3S. The van der Waals surface area contributed by atoms with Crippen molar-refractivity contribution in [2.24, 2.45) is 0 Å². The molecule has 5 heteroatoms. The van der Waals surface area contributed by atoms with E-state index in [1.807, 2.05) is 11.8 Å². The Balaban J connectivity index is 2.13. The van der Waals surface area contributed by atoms with Gasteiger partial charge in [-0.25, -0.2) is 4.98 Å². The molecule has 0 bridgehead atoms. The Morgan fingerprint density at radius 3 is 2.94 bits per heavy atom. The van der Waals surface area contributed by atoms with Gasteiger partial charge in [-0.3, -0.25) is 4.79 Å². The van der Waals surface area contributed by atoms with E-state index in [4.69, 9.17) is 9.52 Å². The number of aromatic nitrogens is 1. The van der Waals surface area contributed by atoms with Crippen LogP contribution in [0.4, 0.5) is 0 Å². The van der Waals surface area contributed by atoms with E-state index in [2.05, 4.69) is 11.9 Å². The second-order valence-electron chi connectivity index (χ2n) is 4.38. The number of carboxylic acid groups (broad SMARTS) is 1. The van der Waals surface area contributed by atoms with Crippen molar-refractivity contribution in [2.75, 3.05) is 11.5 Å². The molecule has 1 aliphatic heterocycles. The van der Waals surface area contributed by atoms with Crippen LogP contribution in [0.3, 0.4) is 0 Å². The minimum Gasteiger partial charge on any atom is -0.481 e. The molecule has 1 N–H and O–H groups in total. The Hall–Kier alpha value is -0.970. The van der Waals surface area contributed by atoms with Crippen molar-refractivity contribution in [3.8, 4) is 0 Å². The summed E-state index contributed by atoms with van der Waals surface area (Å²) in [6, 6.07) is 0. The summed E-state index contributed by atoms with van der Waals surface area (Å²) in [7, 11) is 0. The second kappa shape index (κ2) is 4.49. The Morgan fingerprint density at radius 2 is 2.31 bits per heavy atom. The number of rotatable bonds is 3. The normalized spacial score (nSPS) is 19.6. The molecular weight excluding hydrogens is 226 g/mol. The largest absolute Gasteiger partial charge is 0.481 e. The molecule has 0 saturated carbocycles. The van der Waals surface area contributed by atoms with Crippen LogP contribution in [0.1, 0.15) is 31.4 Å². The van der Waals surface area contributed by atoms with Gasteiger partial charge in [-0.2, -0.15) is 11.8 Å². The summed E-state index contributed by atoms with van der Waals surface area (Å²) in [4.78, 5) is 14.8. The van der Waals surface area contributed by atoms with E-state index in [1.165, 1.54) is 6.20 Å². The zero-order chi connectivity index (χ0) is 11.6. The topological polar surface area (TPSA) is 63.3 Å². The van der Waals surface area contributed by atoms with Gasteiger partial charge in [0, 0.05) is 5.41 Å². The highest BCUT2D eigenvalue weighted by molar-refractivity contribution is 7.99. The van der Waals surface area contributed by atoms with Gasteiger partial charge in [0.05, 0.1) is 6.20 Å². The lowest BCUT2D eigenvalue weighted by molar-refractivity contribution is -0.136. The lowest BCUT2D eigenvalue weighted by atomic mass is 9.84. The Kier molecular flexibility index (Phi) is 3.23. The molecule has 0 unspecified atom stereocenters. The number of nitrogens with zero attached hydrogens (tertiary/aromatic N) is 1. The van der Waals surface area contributed by atoms with Crippen LogP contribution >= 0.6 is 11.8 Å². The van der Waals surface area contributed by atoms with Crippen molar-refractivity contribution in [1.29, 1.82) is 0 Å². The smallest absolute Gasteiger partial charge is 0.311 e. The maximum atomic E-state index is 10.5. The first-order valence-electron chi connectivity index (χ1n) is 5.35. The lowest BCUT2D eigenvalue weighted by Crippen LogP contribution is -2.27. The maximum Gasteiger partial charge on any atom is 0.311 e. The van der Waals surface area contributed by atoms with Gasteiger partial charge in [0.25, 0.3) is 0 Å². The highest BCUT2D eigenvalue weighted by Crippen LogP contribution is 2.37.